The summed E-state index contributed by atoms with van der Waals surface area (Å²) in [6, 6.07) is 11.9. The van der Waals surface area contributed by atoms with Crippen molar-refractivity contribution in [2.24, 2.45) is 5.92 Å². The lowest BCUT2D eigenvalue weighted by molar-refractivity contribution is 0.0786. The lowest BCUT2D eigenvalue weighted by Gasteiger charge is -2.18. The Bertz CT molecular complexity index is 1070. The van der Waals surface area contributed by atoms with Crippen molar-refractivity contribution in [2.45, 2.75) is 32.7 Å². The van der Waals surface area contributed by atoms with Crippen LogP contribution < -0.4 is 9.47 Å². The number of amides is 1. The number of hydrogen-bond acceptors (Lipinski definition) is 3. The van der Waals surface area contributed by atoms with Crippen molar-refractivity contribution in [3.63, 3.8) is 0 Å². The zero-order valence-corrected chi connectivity index (χ0v) is 16.2. The molecular formula is C23H24N2O3. The molecule has 28 heavy (non-hydrogen) atoms. The Kier molecular flexibility index (Phi) is 4.04. The minimum atomic E-state index is 0.0231. The molecule has 0 radical (unpaired) electrons. The highest BCUT2D eigenvalue weighted by Gasteiger charge is 2.23. The fourth-order valence-electron chi connectivity index (χ4n) is 4.38. The number of carbonyl (C=O) groups is 1. The molecule has 5 rings (SSSR count). The first kappa shape index (κ1) is 17.2. The number of aromatic amines is 1. The van der Waals surface area contributed by atoms with Crippen LogP contribution in [-0.2, 0) is 19.4 Å². The maximum Gasteiger partial charge on any atom is 0.256 e. The normalized spacial score (nSPS) is 17.6. The molecule has 0 unspecified atom stereocenters. The van der Waals surface area contributed by atoms with E-state index in [0.717, 1.165) is 41.0 Å². The number of carbonyl (C=O) groups excluding carboxylic acids is 1. The Morgan fingerprint density at radius 1 is 1.21 bits per heavy atom. The number of rotatable bonds is 3. The van der Waals surface area contributed by atoms with Crippen LogP contribution >= 0.6 is 0 Å². The van der Waals surface area contributed by atoms with Gasteiger partial charge < -0.3 is 19.4 Å². The van der Waals surface area contributed by atoms with Gasteiger partial charge in [0.2, 0.25) is 6.79 Å². The van der Waals surface area contributed by atoms with Crippen molar-refractivity contribution in [1.29, 1.82) is 0 Å². The topological polar surface area (TPSA) is 54.6 Å². The number of benzene rings is 2. The van der Waals surface area contributed by atoms with Crippen molar-refractivity contribution in [1.82, 2.24) is 9.88 Å². The molecule has 0 spiro atoms. The molecule has 1 amide bonds. The molecule has 0 saturated carbocycles. The van der Waals surface area contributed by atoms with Crippen LogP contribution in [0.5, 0.6) is 11.5 Å². The second-order valence-electron chi connectivity index (χ2n) is 8.01. The highest BCUT2D eigenvalue weighted by Crippen LogP contribution is 2.34. The van der Waals surface area contributed by atoms with Gasteiger partial charge in [0.05, 0.1) is 11.1 Å². The summed E-state index contributed by atoms with van der Waals surface area (Å²) in [5.41, 5.74) is 5.42. The summed E-state index contributed by atoms with van der Waals surface area (Å²) in [7, 11) is 1.84. The Balaban J connectivity index is 1.44. The van der Waals surface area contributed by atoms with E-state index in [0.29, 0.717) is 12.5 Å². The molecule has 1 aliphatic heterocycles. The molecule has 1 atom stereocenters. The number of fused-ring (bicyclic) bond motifs is 4. The van der Waals surface area contributed by atoms with Crippen LogP contribution in [0.1, 0.15) is 40.5 Å². The van der Waals surface area contributed by atoms with E-state index in [9.17, 15) is 4.79 Å². The van der Waals surface area contributed by atoms with Crippen LogP contribution in [0.2, 0.25) is 0 Å². The third kappa shape index (κ3) is 2.82. The smallest absolute Gasteiger partial charge is 0.256 e. The molecule has 2 heterocycles. The zero-order chi connectivity index (χ0) is 19.3. The summed E-state index contributed by atoms with van der Waals surface area (Å²) in [6.45, 7) is 3.07. The monoisotopic (exact) mass is 376 g/mol. The first-order valence-electron chi connectivity index (χ1n) is 9.86. The van der Waals surface area contributed by atoms with Crippen molar-refractivity contribution in [2.75, 3.05) is 13.8 Å². The van der Waals surface area contributed by atoms with E-state index in [1.165, 1.54) is 23.1 Å². The predicted octanol–water partition coefficient (Wildman–Crippen LogP) is 4.29. The minimum Gasteiger partial charge on any atom is -0.454 e. The van der Waals surface area contributed by atoms with E-state index in [1.54, 1.807) is 4.90 Å². The first-order chi connectivity index (χ1) is 13.6. The van der Waals surface area contributed by atoms with Gasteiger partial charge in [-0.15, -0.1) is 0 Å². The Hall–Kier alpha value is -2.95. The maximum atomic E-state index is 13.2. The van der Waals surface area contributed by atoms with E-state index < -0.39 is 0 Å². The van der Waals surface area contributed by atoms with E-state index in [1.807, 2.05) is 37.4 Å². The second kappa shape index (κ2) is 6.59. The number of aryl methyl sites for hydroxylation is 1. The molecule has 0 saturated heterocycles. The zero-order valence-electron chi connectivity index (χ0n) is 16.2. The number of aromatic nitrogens is 1. The summed E-state index contributed by atoms with van der Waals surface area (Å²) >= 11 is 0. The van der Waals surface area contributed by atoms with Crippen LogP contribution in [0, 0.1) is 5.92 Å². The van der Waals surface area contributed by atoms with E-state index in [-0.39, 0.29) is 12.7 Å². The third-order valence-electron chi connectivity index (χ3n) is 5.90. The lowest BCUT2D eigenvalue weighted by atomic mass is 9.87. The van der Waals surface area contributed by atoms with Gasteiger partial charge in [0.1, 0.15) is 0 Å². The molecule has 5 heteroatoms. The molecule has 3 aromatic rings. The van der Waals surface area contributed by atoms with Gasteiger partial charge in [-0.05, 0) is 54.5 Å². The minimum absolute atomic E-state index is 0.0231. The summed E-state index contributed by atoms with van der Waals surface area (Å²) in [6.07, 6.45) is 3.35. The van der Waals surface area contributed by atoms with Crippen molar-refractivity contribution < 1.29 is 14.3 Å². The molecule has 0 fully saturated rings. The molecule has 144 valence electrons. The molecule has 1 aliphatic carbocycles. The summed E-state index contributed by atoms with van der Waals surface area (Å²) < 4.78 is 10.8. The Morgan fingerprint density at radius 3 is 2.96 bits per heavy atom. The Labute approximate surface area is 164 Å². The van der Waals surface area contributed by atoms with Crippen LogP contribution in [0.25, 0.3) is 10.9 Å². The summed E-state index contributed by atoms with van der Waals surface area (Å²) in [5.74, 6) is 2.22. The maximum absolute atomic E-state index is 13.2. The molecule has 0 bridgehead atoms. The van der Waals surface area contributed by atoms with Gasteiger partial charge in [-0.25, -0.2) is 0 Å². The third-order valence-corrected chi connectivity index (χ3v) is 5.90. The quantitative estimate of drug-likeness (QED) is 0.742. The van der Waals surface area contributed by atoms with Crippen molar-refractivity contribution >= 4 is 16.8 Å². The van der Waals surface area contributed by atoms with Crippen molar-refractivity contribution in [3.05, 3.63) is 58.8 Å². The molecule has 2 aromatic carbocycles. The fraction of sp³-hybridized carbons (Fsp3) is 0.348. The van der Waals surface area contributed by atoms with Gasteiger partial charge in [-0.3, -0.25) is 4.79 Å². The van der Waals surface area contributed by atoms with Crippen LogP contribution in [0.4, 0.5) is 0 Å². The summed E-state index contributed by atoms with van der Waals surface area (Å²) in [4.78, 5) is 18.5. The molecule has 1 aromatic heterocycles. The molecule has 2 aliphatic rings. The highest BCUT2D eigenvalue weighted by atomic mass is 16.7. The second-order valence-corrected chi connectivity index (χ2v) is 8.01. The molecular weight excluding hydrogens is 352 g/mol. The predicted molar refractivity (Wildman–Crippen MR) is 108 cm³/mol. The lowest BCUT2D eigenvalue weighted by Crippen LogP contribution is -2.26. The van der Waals surface area contributed by atoms with Gasteiger partial charge >= 0.3 is 0 Å². The van der Waals surface area contributed by atoms with Gasteiger partial charge in [0.15, 0.2) is 11.5 Å². The molecule has 1 N–H and O–H groups in total. The average molecular weight is 376 g/mol. The SMILES string of the molecule is C[C@H]1CCc2[nH]c3c(C(=O)N(C)Cc4ccc5c(c4)OCO5)cccc3c2C1. The van der Waals surface area contributed by atoms with Gasteiger partial charge in [-0.2, -0.15) is 0 Å². The number of nitrogens with one attached hydrogen (secondary N) is 1. The van der Waals surface area contributed by atoms with Crippen molar-refractivity contribution in [3.8, 4) is 11.5 Å². The molecule has 5 nitrogen and oxygen atoms in total. The van der Waals surface area contributed by atoms with E-state index >= 15 is 0 Å². The van der Waals surface area contributed by atoms with Crippen LogP contribution in [-0.4, -0.2) is 29.6 Å². The number of para-hydroxylation sites is 1. The summed E-state index contributed by atoms with van der Waals surface area (Å²) in [5, 5.41) is 1.20. The Morgan fingerprint density at radius 2 is 2.07 bits per heavy atom. The largest absolute Gasteiger partial charge is 0.454 e. The van der Waals surface area contributed by atoms with E-state index in [2.05, 4.69) is 18.0 Å². The van der Waals surface area contributed by atoms with Crippen LogP contribution in [0.3, 0.4) is 0 Å². The highest BCUT2D eigenvalue weighted by molar-refractivity contribution is 6.06. The fourth-order valence-corrected chi connectivity index (χ4v) is 4.38. The standard InChI is InChI=1S/C23H24N2O3/c1-14-6-8-19-18(10-14)16-4-3-5-17(22(16)24-19)23(26)25(2)12-15-7-9-20-21(11-15)28-13-27-20/h3-5,7,9,11,14,24H,6,8,10,12-13H2,1-2H3/t14-/m0/s1. The van der Waals surface area contributed by atoms with Crippen LogP contribution in [0.15, 0.2) is 36.4 Å². The number of ether oxygens (including phenoxy) is 2. The van der Waals surface area contributed by atoms with E-state index in [4.69, 9.17) is 9.47 Å². The van der Waals surface area contributed by atoms with Gasteiger partial charge in [0, 0.05) is 24.7 Å². The van der Waals surface area contributed by atoms with Gasteiger partial charge in [0.25, 0.3) is 5.91 Å². The number of nitrogens with zero attached hydrogens (tertiary/aromatic N) is 1. The number of hydrogen-bond donors (Lipinski definition) is 1. The van der Waals surface area contributed by atoms with Gasteiger partial charge in [-0.1, -0.05) is 25.1 Å². The number of H-pyrrole nitrogens is 1. The average Bonchev–Trinajstić information content (AvgIpc) is 3.31. The first-order valence-corrected chi connectivity index (χ1v) is 9.86.